The van der Waals surface area contributed by atoms with E-state index in [1.54, 1.807) is 16.3 Å². The second-order valence-corrected chi connectivity index (χ2v) is 9.74. The lowest BCUT2D eigenvalue weighted by Gasteiger charge is -2.37. The van der Waals surface area contributed by atoms with Crippen LogP contribution in [0.1, 0.15) is 19.3 Å². The number of piperidine rings is 1. The van der Waals surface area contributed by atoms with Gasteiger partial charge in [0.1, 0.15) is 4.83 Å². The summed E-state index contributed by atoms with van der Waals surface area (Å²) in [5, 5.41) is 4.03. The summed E-state index contributed by atoms with van der Waals surface area (Å²) in [4.78, 5) is 18.7. The quantitative estimate of drug-likeness (QED) is 0.337. The first kappa shape index (κ1) is 19.0. The highest BCUT2D eigenvalue weighted by molar-refractivity contribution is 7.99. The number of benzene rings is 1. The number of nitrogens with zero attached hydrogens (tertiary/aromatic N) is 3. The van der Waals surface area contributed by atoms with Crippen molar-refractivity contribution in [2.45, 2.75) is 24.4 Å². The van der Waals surface area contributed by atoms with E-state index in [0.717, 1.165) is 32.5 Å². The Bertz CT molecular complexity index is 991. The Kier molecular flexibility index (Phi) is 5.60. The van der Waals surface area contributed by atoms with Crippen LogP contribution in [0.3, 0.4) is 0 Å². The summed E-state index contributed by atoms with van der Waals surface area (Å²) < 4.78 is 2.85. The van der Waals surface area contributed by atoms with E-state index in [2.05, 4.69) is 7.05 Å². The summed E-state index contributed by atoms with van der Waals surface area (Å²) in [7, 11) is 2.35. The molecule has 0 aliphatic carbocycles. The van der Waals surface area contributed by atoms with Crippen LogP contribution in [0.2, 0.25) is 5.02 Å². The smallest absolute Gasteiger partial charge is 0.267 e. The Balaban J connectivity index is 1.65. The van der Waals surface area contributed by atoms with Gasteiger partial charge in [-0.2, -0.15) is 0 Å². The third-order valence-corrected chi connectivity index (χ3v) is 7.29. The van der Waals surface area contributed by atoms with Gasteiger partial charge in [0.05, 0.1) is 43.5 Å². The fourth-order valence-electron chi connectivity index (χ4n) is 3.67. The van der Waals surface area contributed by atoms with Gasteiger partial charge in [-0.05, 0) is 55.0 Å². The van der Waals surface area contributed by atoms with E-state index in [1.165, 1.54) is 43.7 Å². The van der Waals surface area contributed by atoms with Crippen LogP contribution in [-0.2, 0) is 0 Å². The molecule has 0 radical (unpaired) electrons. The van der Waals surface area contributed by atoms with Gasteiger partial charge in [-0.25, -0.2) is 4.98 Å². The predicted octanol–water partition coefficient (Wildman–Crippen LogP) is 4.82. The minimum absolute atomic E-state index is 0.00978. The van der Waals surface area contributed by atoms with Gasteiger partial charge in [0.2, 0.25) is 0 Å². The fourth-order valence-corrected chi connectivity index (χ4v) is 5.79. The van der Waals surface area contributed by atoms with Gasteiger partial charge in [-0.3, -0.25) is 9.36 Å². The zero-order chi connectivity index (χ0) is 18.9. The molecule has 3 heterocycles. The molecule has 0 bridgehead atoms. The van der Waals surface area contributed by atoms with Crippen molar-refractivity contribution in [3.63, 3.8) is 0 Å². The van der Waals surface area contributed by atoms with Crippen LogP contribution in [0.25, 0.3) is 15.9 Å². The minimum Gasteiger partial charge on any atom is -0.325 e. The summed E-state index contributed by atoms with van der Waals surface area (Å²) in [6.07, 6.45) is 3.99. The molecule has 4 nitrogen and oxygen atoms in total. The highest BCUT2D eigenvalue weighted by Gasteiger charge is 2.24. The molecule has 1 aliphatic heterocycles. The maximum atomic E-state index is 13.1. The first-order valence-corrected chi connectivity index (χ1v) is 11.5. The highest BCUT2D eigenvalue weighted by atomic mass is 35.5. The van der Waals surface area contributed by atoms with Crippen molar-refractivity contribution in [3.05, 3.63) is 51.1 Å². The predicted molar refractivity (Wildman–Crippen MR) is 116 cm³/mol. The normalized spacial score (nSPS) is 16.7. The molecule has 0 N–H and O–H groups in total. The zero-order valence-corrected chi connectivity index (χ0v) is 17.7. The van der Waals surface area contributed by atoms with E-state index in [-0.39, 0.29) is 5.56 Å². The maximum absolute atomic E-state index is 13.1. The van der Waals surface area contributed by atoms with Gasteiger partial charge in [0, 0.05) is 5.02 Å². The lowest BCUT2D eigenvalue weighted by atomic mass is 10.1. The van der Waals surface area contributed by atoms with Crippen LogP contribution in [-0.4, -0.2) is 46.5 Å². The number of hydrogen-bond acceptors (Lipinski definition) is 4. The van der Waals surface area contributed by atoms with E-state index in [0.29, 0.717) is 10.4 Å². The summed E-state index contributed by atoms with van der Waals surface area (Å²) >= 11 is 9.23. The fraction of sp³-hybridized carbons (Fsp3) is 0.400. The summed E-state index contributed by atoms with van der Waals surface area (Å²) in [5.74, 6) is 0.952. The van der Waals surface area contributed by atoms with Gasteiger partial charge in [-0.15, -0.1) is 11.3 Å². The van der Waals surface area contributed by atoms with Crippen molar-refractivity contribution >= 4 is 44.9 Å². The first-order chi connectivity index (χ1) is 13.1. The molecule has 0 atom stereocenters. The topological polar surface area (TPSA) is 34.9 Å². The number of likely N-dealkylation sites (tertiary alicyclic amines) is 1. The van der Waals surface area contributed by atoms with Gasteiger partial charge < -0.3 is 4.48 Å². The van der Waals surface area contributed by atoms with Crippen molar-refractivity contribution in [3.8, 4) is 5.69 Å². The summed E-state index contributed by atoms with van der Waals surface area (Å²) in [6.45, 7) is 3.60. The van der Waals surface area contributed by atoms with Crippen molar-refractivity contribution < 1.29 is 4.48 Å². The van der Waals surface area contributed by atoms with E-state index in [9.17, 15) is 4.79 Å². The Morgan fingerprint density at radius 1 is 1.19 bits per heavy atom. The second-order valence-electron chi connectivity index (χ2n) is 7.35. The van der Waals surface area contributed by atoms with E-state index in [1.807, 2.05) is 35.7 Å². The Hall–Kier alpha value is -1.34. The van der Waals surface area contributed by atoms with Gasteiger partial charge in [-0.1, -0.05) is 23.4 Å². The van der Waals surface area contributed by atoms with E-state index in [4.69, 9.17) is 16.6 Å². The number of quaternary nitrogens is 1. The Morgan fingerprint density at radius 2 is 1.93 bits per heavy atom. The average Bonchev–Trinajstić information content (AvgIpc) is 3.12. The van der Waals surface area contributed by atoms with Gasteiger partial charge in [0.25, 0.3) is 5.56 Å². The van der Waals surface area contributed by atoms with Crippen LogP contribution in [0, 0.1) is 0 Å². The van der Waals surface area contributed by atoms with Crippen LogP contribution in [0.5, 0.6) is 0 Å². The Morgan fingerprint density at radius 3 is 2.67 bits per heavy atom. The largest absolute Gasteiger partial charge is 0.325 e. The number of thioether (sulfide) groups is 1. The van der Waals surface area contributed by atoms with Crippen molar-refractivity contribution in [2.75, 3.05) is 32.4 Å². The highest BCUT2D eigenvalue weighted by Crippen LogP contribution is 2.25. The summed E-state index contributed by atoms with van der Waals surface area (Å²) in [6, 6.07) is 9.25. The lowest BCUT2D eigenvalue weighted by Crippen LogP contribution is -2.49. The monoisotopic (exact) mass is 420 g/mol. The molecule has 142 valence electrons. The molecule has 0 spiro atoms. The van der Waals surface area contributed by atoms with E-state index >= 15 is 0 Å². The van der Waals surface area contributed by atoms with E-state index < -0.39 is 0 Å². The molecule has 0 unspecified atom stereocenters. The molecule has 1 saturated heterocycles. The second kappa shape index (κ2) is 7.95. The molecule has 1 fully saturated rings. The van der Waals surface area contributed by atoms with Gasteiger partial charge in [0.15, 0.2) is 5.16 Å². The van der Waals surface area contributed by atoms with Crippen molar-refractivity contribution in [1.82, 2.24) is 9.55 Å². The Labute approximate surface area is 172 Å². The number of halogens is 1. The molecule has 4 rings (SSSR count). The third-order valence-electron chi connectivity index (χ3n) is 5.31. The molecule has 0 amide bonds. The van der Waals surface area contributed by atoms with Crippen LogP contribution in [0.15, 0.2) is 45.7 Å². The van der Waals surface area contributed by atoms with Crippen molar-refractivity contribution in [1.29, 1.82) is 0 Å². The molecule has 0 saturated carbocycles. The van der Waals surface area contributed by atoms with Crippen molar-refractivity contribution in [2.24, 2.45) is 0 Å². The maximum Gasteiger partial charge on any atom is 0.267 e. The number of rotatable bonds is 5. The molecule has 1 aliphatic rings. The van der Waals surface area contributed by atoms with Crippen LogP contribution < -0.4 is 5.56 Å². The minimum atomic E-state index is -0.00978. The molecule has 2 aromatic heterocycles. The number of aromatic nitrogens is 2. The standard InChI is InChI=1S/C20H23ClN3OS2/c1-24(10-3-2-4-11-24)12-14-27-20-22-18-17(9-13-26-18)19(25)23(20)16-7-5-15(21)6-8-16/h5-9,13H,2-4,10-12,14H2,1H3/q+1. The average molecular weight is 421 g/mol. The van der Waals surface area contributed by atoms with Crippen LogP contribution >= 0.6 is 34.7 Å². The lowest BCUT2D eigenvalue weighted by molar-refractivity contribution is -0.911. The van der Waals surface area contributed by atoms with Crippen LogP contribution in [0.4, 0.5) is 0 Å². The third kappa shape index (κ3) is 4.09. The molecular weight excluding hydrogens is 398 g/mol. The number of hydrogen-bond donors (Lipinski definition) is 0. The molecular formula is C20H23ClN3OS2+. The molecule has 27 heavy (non-hydrogen) atoms. The first-order valence-electron chi connectivity index (χ1n) is 9.28. The molecule has 7 heteroatoms. The van der Waals surface area contributed by atoms with Gasteiger partial charge >= 0.3 is 0 Å². The zero-order valence-electron chi connectivity index (χ0n) is 15.4. The SMILES string of the molecule is C[N+]1(CCSc2nc3sccc3c(=O)n2-c2ccc(Cl)cc2)CCCCC1. The molecule has 3 aromatic rings. The number of thiophene rings is 1. The molecule has 1 aromatic carbocycles. The number of fused-ring (bicyclic) bond motifs is 1. The summed E-state index contributed by atoms with van der Waals surface area (Å²) in [5.41, 5.74) is 0.801.